The van der Waals surface area contributed by atoms with Gasteiger partial charge in [-0.25, -0.2) is 0 Å². The molecule has 6 nitrogen and oxygen atoms in total. The number of aliphatic hydroxyl groups excluding tert-OH is 2. The molecule has 0 unspecified atom stereocenters. The smallest absolute Gasteiger partial charge is 0.258 e. The van der Waals surface area contributed by atoms with E-state index in [2.05, 4.69) is 10.1 Å². The zero-order valence-corrected chi connectivity index (χ0v) is 10.4. The second-order valence-corrected chi connectivity index (χ2v) is 5.14. The molecule has 0 amide bonds. The summed E-state index contributed by atoms with van der Waals surface area (Å²) in [5.74, 6) is 1.07. The van der Waals surface area contributed by atoms with Crippen molar-refractivity contribution < 1.29 is 14.7 Å². The standard InChI is InChI=1S/C11H13N3O3S/c15-8-3-14(4-9(8)16)5-10-12-11(17-13-10)7-1-2-18-6-7/h1-2,6,8-9,15-16H,3-5H2/t8-,9+. The number of rotatable bonds is 3. The highest BCUT2D eigenvalue weighted by Gasteiger charge is 2.30. The Morgan fingerprint density at radius 1 is 1.39 bits per heavy atom. The van der Waals surface area contributed by atoms with Crippen LogP contribution in [0.3, 0.4) is 0 Å². The number of thiophene rings is 1. The summed E-state index contributed by atoms with van der Waals surface area (Å²) in [6, 6.07) is 1.92. The number of aromatic nitrogens is 2. The third kappa shape index (κ3) is 2.30. The monoisotopic (exact) mass is 267 g/mol. The van der Waals surface area contributed by atoms with E-state index in [0.29, 0.717) is 31.3 Å². The summed E-state index contributed by atoms with van der Waals surface area (Å²) in [6.45, 7) is 1.34. The van der Waals surface area contributed by atoms with Crippen LogP contribution in [0.4, 0.5) is 0 Å². The van der Waals surface area contributed by atoms with Crippen LogP contribution < -0.4 is 0 Å². The van der Waals surface area contributed by atoms with Crippen molar-refractivity contribution in [3.05, 3.63) is 22.7 Å². The predicted molar refractivity (Wildman–Crippen MR) is 64.9 cm³/mol. The van der Waals surface area contributed by atoms with Crippen LogP contribution in [0.1, 0.15) is 5.82 Å². The highest BCUT2D eigenvalue weighted by Crippen LogP contribution is 2.20. The molecule has 96 valence electrons. The average molecular weight is 267 g/mol. The van der Waals surface area contributed by atoms with Gasteiger partial charge in [0.05, 0.1) is 24.3 Å². The minimum absolute atomic E-state index is 0.434. The molecule has 1 fully saturated rings. The molecule has 0 saturated carbocycles. The van der Waals surface area contributed by atoms with E-state index < -0.39 is 12.2 Å². The summed E-state index contributed by atoms with van der Waals surface area (Å²) in [6.07, 6.45) is -1.37. The summed E-state index contributed by atoms with van der Waals surface area (Å²) in [5, 5.41) is 26.7. The summed E-state index contributed by atoms with van der Waals surface area (Å²) in [7, 11) is 0. The van der Waals surface area contributed by atoms with Crippen molar-refractivity contribution in [2.75, 3.05) is 13.1 Å². The minimum atomic E-state index is -0.687. The Morgan fingerprint density at radius 3 is 2.83 bits per heavy atom. The summed E-state index contributed by atoms with van der Waals surface area (Å²) < 4.78 is 5.17. The maximum Gasteiger partial charge on any atom is 0.258 e. The van der Waals surface area contributed by atoms with Gasteiger partial charge >= 0.3 is 0 Å². The van der Waals surface area contributed by atoms with Gasteiger partial charge in [0.1, 0.15) is 0 Å². The van der Waals surface area contributed by atoms with Gasteiger partial charge in [0.25, 0.3) is 5.89 Å². The number of hydrogen-bond acceptors (Lipinski definition) is 7. The molecule has 0 radical (unpaired) electrons. The minimum Gasteiger partial charge on any atom is -0.389 e. The van der Waals surface area contributed by atoms with E-state index in [1.54, 1.807) is 11.3 Å². The molecule has 2 aromatic heterocycles. The average Bonchev–Trinajstić information content (AvgIpc) is 3.02. The summed E-state index contributed by atoms with van der Waals surface area (Å²) >= 11 is 1.57. The van der Waals surface area contributed by atoms with Crippen molar-refractivity contribution in [1.29, 1.82) is 0 Å². The normalized spacial score (nSPS) is 24.8. The molecule has 18 heavy (non-hydrogen) atoms. The third-order valence-electron chi connectivity index (χ3n) is 2.94. The first-order valence-corrected chi connectivity index (χ1v) is 6.60. The second kappa shape index (κ2) is 4.77. The van der Waals surface area contributed by atoms with E-state index in [1.165, 1.54) is 0 Å². The van der Waals surface area contributed by atoms with E-state index in [4.69, 9.17) is 4.52 Å². The third-order valence-corrected chi connectivity index (χ3v) is 3.62. The molecule has 2 atom stereocenters. The lowest BCUT2D eigenvalue weighted by molar-refractivity contribution is 0.0572. The van der Waals surface area contributed by atoms with Crippen LogP contribution in [-0.2, 0) is 6.54 Å². The predicted octanol–water partition coefficient (Wildman–Crippen LogP) is 0.335. The zero-order valence-electron chi connectivity index (χ0n) is 9.56. The van der Waals surface area contributed by atoms with Crippen molar-refractivity contribution in [3.63, 3.8) is 0 Å². The molecule has 3 rings (SSSR count). The molecule has 0 aromatic carbocycles. The van der Waals surface area contributed by atoms with Crippen molar-refractivity contribution in [2.24, 2.45) is 0 Å². The molecule has 0 bridgehead atoms. The second-order valence-electron chi connectivity index (χ2n) is 4.36. The maximum absolute atomic E-state index is 9.45. The first kappa shape index (κ1) is 11.8. The fraction of sp³-hybridized carbons (Fsp3) is 0.455. The van der Waals surface area contributed by atoms with E-state index in [9.17, 15) is 10.2 Å². The number of likely N-dealkylation sites (tertiary alicyclic amines) is 1. The quantitative estimate of drug-likeness (QED) is 0.834. The number of β-amino-alcohol motifs (C(OH)–C–C–N with tert-alkyl or cyclic N) is 2. The molecule has 1 aliphatic heterocycles. The fourth-order valence-corrected chi connectivity index (χ4v) is 2.63. The van der Waals surface area contributed by atoms with Crippen molar-refractivity contribution in [1.82, 2.24) is 15.0 Å². The number of aliphatic hydroxyl groups is 2. The van der Waals surface area contributed by atoms with Crippen LogP contribution in [0, 0.1) is 0 Å². The van der Waals surface area contributed by atoms with Gasteiger partial charge in [0.15, 0.2) is 5.82 Å². The molecule has 0 spiro atoms. The van der Waals surface area contributed by atoms with E-state index in [-0.39, 0.29) is 0 Å². The summed E-state index contributed by atoms with van der Waals surface area (Å²) in [4.78, 5) is 6.19. The van der Waals surface area contributed by atoms with Gasteiger partial charge in [-0.05, 0) is 11.4 Å². The van der Waals surface area contributed by atoms with Gasteiger partial charge in [-0.1, -0.05) is 5.16 Å². The number of hydrogen-bond donors (Lipinski definition) is 2. The molecule has 0 aliphatic carbocycles. The zero-order chi connectivity index (χ0) is 12.5. The van der Waals surface area contributed by atoms with Crippen LogP contribution in [-0.4, -0.2) is 50.6 Å². The Kier molecular flexibility index (Phi) is 3.13. The Labute approximate surface area is 107 Å². The Morgan fingerprint density at radius 2 is 2.17 bits per heavy atom. The molecule has 7 heteroatoms. The lowest BCUT2D eigenvalue weighted by Crippen LogP contribution is -2.22. The lowest BCUT2D eigenvalue weighted by Gasteiger charge is -2.10. The van der Waals surface area contributed by atoms with Crippen LogP contribution in [0.2, 0.25) is 0 Å². The van der Waals surface area contributed by atoms with Crippen LogP contribution in [0.5, 0.6) is 0 Å². The molecular formula is C11H13N3O3S. The van der Waals surface area contributed by atoms with E-state index in [0.717, 1.165) is 5.56 Å². The van der Waals surface area contributed by atoms with Gasteiger partial charge in [0.2, 0.25) is 0 Å². The van der Waals surface area contributed by atoms with Crippen molar-refractivity contribution in [2.45, 2.75) is 18.8 Å². The molecule has 2 N–H and O–H groups in total. The molecule has 1 aliphatic rings. The van der Waals surface area contributed by atoms with Gasteiger partial charge in [-0.2, -0.15) is 16.3 Å². The molecule has 3 heterocycles. The fourth-order valence-electron chi connectivity index (χ4n) is 2.00. The van der Waals surface area contributed by atoms with Crippen molar-refractivity contribution >= 4 is 11.3 Å². The van der Waals surface area contributed by atoms with E-state index >= 15 is 0 Å². The Bertz CT molecular complexity index is 503. The highest BCUT2D eigenvalue weighted by atomic mass is 32.1. The molecule has 2 aromatic rings. The Balaban J connectivity index is 1.68. The van der Waals surface area contributed by atoms with Crippen LogP contribution in [0.15, 0.2) is 21.3 Å². The van der Waals surface area contributed by atoms with Gasteiger partial charge < -0.3 is 14.7 Å². The number of nitrogens with zero attached hydrogens (tertiary/aromatic N) is 3. The first-order valence-electron chi connectivity index (χ1n) is 5.66. The first-order chi connectivity index (χ1) is 8.72. The van der Waals surface area contributed by atoms with Crippen LogP contribution >= 0.6 is 11.3 Å². The van der Waals surface area contributed by atoms with Gasteiger partial charge in [0, 0.05) is 18.5 Å². The lowest BCUT2D eigenvalue weighted by atomic mass is 10.3. The van der Waals surface area contributed by atoms with Crippen LogP contribution in [0.25, 0.3) is 11.5 Å². The van der Waals surface area contributed by atoms with Gasteiger partial charge in [-0.3, -0.25) is 4.90 Å². The van der Waals surface area contributed by atoms with E-state index in [1.807, 2.05) is 21.7 Å². The largest absolute Gasteiger partial charge is 0.389 e. The SMILES string of the molecule is O[C@@H]1CN(Cc2noc(-c3ccsc3)n2)C[C@@H]1O. The highest BCUT2D eigenvalue weighted by molar-refractivity contribution is 7.08. The van der Waals surface area contributed by atoms with Gasteiger partial charge in [-0.15, -0.1) is 0 Å². The summed E-state index contributed by atoms with van der Waals surface area (Å²) in [5.41, 5.74) is 0.917. The molecule has 1 saturated heterocycles. The molecular weight excluding hydrogens is 254 g/mol. The topological polar surface area (TPSA) is 82.6 Å². The Hall–Kier alpha value is -1.28. The maximum atomic E-state index is 9.45. The van der Waals surface area contributed by atoms with Crippen molar-refractivity contribution in [3.8, 4) is 11.5 Å².